The molecule has 1 aliphatic heterocycles. The molecule has 0 aliphatic carbocycles. The van der Waals surface area contributed by atoms with E-state index in [1.165, 1.54) is 0 Å². The van der Waals surface area contributed by atoms with Crippen LogP contribution in [0.3, 0.4) is 0 Å². The van der Waals surface area contributed by atoms with Crippen molar-refractivity contribution in [1.29, 1.82) is 0 Å². The summed E-state index contributed by atoms with van der Waals surface area (Å²) in [7, 11) is 1.63. The summed E-state index contributed by atoms with van der Waals surface area (Å²) in [6.45, 7) is 2.48. The Hall–Kier alpha value is -1.55. The second kappa shape index (κ2) is 5.68. The number of nitrogens with zero attached hydrogens (tertiary/aromatic N) is 1. The van der Waals surface area contributed by atoms with Crippen LogP contribution in [-0.4, -0.2) is 32.7 Å². The van der Waals surface area contributed by atoms with E-state index < -0.39 is 0 Å². The number of carbonyl (C=O) groups is 1. The van der Waals surface area contributed by atoms with E-state index in [4.69, 9.17) is 4.74 Å². The van der Waals surface area contributed by atoms with Gasteiger partial charge in [-0.05, 0) is 25.1 Å². The monoisotopic (exact) mass is 234 g/mol. The summed E-state index contributed by atoms with van der Waals surface area (Å²) < 4.78 is 5.18. The molecule has 1 aromatic carbocycles. The fourth-order valence-corrected chi connectivity index (χ4v) is 1.99. The van der Waals surface area contributed by atoms with E-state index in [0.717, 1.165) is 30.9 Å². The highest BCUT2D eigenvalue weighted by Crippen LogP contribution is 2.22. The maximum atomic E-state index is 12.0. The second-order valence-electron chi connectivity index (χ2n) is 4.10. The SMILES string of the molecule is COc1cccc(N2CCNCCCC2=O)c1. The molecule has 1 aliphatic rings. The largest absolute Gasteiger partial charge is 0.497 e. The summed E-state index contributed by atoms with van der Waals surface area (Å²) in [6, 6.07) is 7.64. The average Bonchev–Trinajstić information content (AvgIpc) is 2.34. The highest BCUT2D eigenvalue weighted by molar-refractivity contribution is 5.93. The summed E-state index contributed by atoms with van der Waals surface area (Å²) in [5.74, 6) is 0.977. The molecule has 2 rings (SSSR count). The number of amides is 1. The lowest BCUT2D eigenvalue weighted by Gasteiger charge is -2.25. The van der Waals surface area contributed by atoms with Crippen LogP contribution in [0, 0.1) is 0 Å². The van der Waals surface area contributed by atoms with Gasteiger partial charge in [0.15, 0.2) is 0 Å². The minimum absolute atomic E-state index is 0.194. The first-order valence-electron chi connectivity index (χ1n) is 5.96. The molecule has 0 saturated carbocycles. The van der Waals surface area contributed by atoms with Gasteiger partial charge in [-0.1, -0.05) is 6.07 Å². The Bertz CT molecular complexity index is 393. The Morgan fingerprint density at radius 2 is 2.24 bits per heavy atom. The lowest BCUT2D eigenvalue weighted by molar-refractivity contribution is -0.118. The minimum atomic E-state index is 0.194. The van der Waals surface area contributed by atoms with Crippen LogP contribution in [0.4, 0.5) is 5.69 Å². The van der Waals surface area contributed by atoms with Gasteiger partial charge in [0, 0.05) is 31.3 Å². The molecule has 0 aromatic heterocycles. The van der Waals surface area contributed by atoms with E-state index in [0.29, 0.717) is 13.0 Å². The molecule has 0 spiro atoms. The van der Waals surface area contributed by atoms with E-state index in [9.17, 15) is 4.79 Å². The third kappa shape index (κ3) is 2.97. The molecule has 4 heteroatoms. The molecule has 4 nitrogen and oxygen atoms in total. The van der Waals surface area contributed by atoms with E-state index >= 15 is 0 Å². The number of hydrogen-bond donors (Lipinski definition) is 1. The smallest absolute Gasteiger partial charge is 0.227 e. The van der Waals surface area contributed by atoms with E-state index in [2.05, 4.69) is 5.32 Å². The van der Waals surface area contributed by atoms with E-state index in [1.54, 1.807) is 7.11 Å². The van der Waals surface area contributed by atoms with Crippen molar-refractivity contribution in [3.05, 3.63) is 24.3 Å². The lowest BCUT2D eigenvalue weighted by Crippen LogP contribution is -2.39. The Morgan fingerprint density at radius 1 is 1.35 bits per heavy atom. The van der Waals surface area contributed by atoms with Gasteiger partial charge in [-0.3, -0.25) is 4.79 Å². The number of carbonyl (C=O) groups excluding carboxylic acids is 1. The molecule has 1 saturated heterocycles. The summed E-state index contributed by atoms with van der Waals surface area (Å²) in [5.41, 5.74) is 0.915. The molecule has 0 atom stereocenters. The highest BCUT2D eigenvalue weighted by atomic mass is 16.5. The molecule has 1 fully saturated rings. The van der Waals surface area contributed by atoms with Crippen LogP contribution in [0.15, 0.2) is 24.3 Å². The zero-order valence-corrected chi connectivity index (χ0v) is 10.1. The maximum absolute atomic E-state index is 12.0. The molecular formula is C13H18N2O2. The third-order valence-corrected chi connectivity index (χ3v) is 2.92. The quantitative estimate of drug-likeness (QED) is 0.841. The maximum Gasteiger partial charge on any atom is 0.227 e. The van der Waals surface area contributed by atoms with E-state index in [1.807, 2.05) is 29.2 Å². The first-order chi connectivity index (χ1) is 8.31. The van der Waals surface area contributed by atoms with Crippen LogP contribution in [0.1, 0.15) is 12.8 Å². The summed E-state index contributed by atoms with van der Waals surface area (Å²) in [6.07, 6.45) is 1.50. The molecule has 17 heavy (non-hydrogen) atoms. The van der Waals surface area contributed by atoms with Crippen molar-refractivity contribution in [2.75, 3.05) is 31.6 Å². The summed E-state index contributed by atoms with van der Waals surface area (Å²) in [4.78, 5) is 13.9. The van der Waals surface area contributed by atoms with Crippen molar-refractivity contribution in [3.63, 3.8) is 0 Å². The molecule has 92 valence electrons. The number of nitrogens with one attached hydrogen (secondary N) is 1. The summed E-state index contributed by atoms with van der Waals surface area (Å²) in [5, 5.41) is 3.31. The third-order valence-electron chi connectivity index (χ3n) is 2.92. The molecule has 0 bridgehead atoms. The molecule has 1 amide bonds. The summed E-state index contributed by atoms with van der Waals surface area (Å²) >= 11 is 0. The number of rotatable bonds is 2. The fourth-order valence-electron chi connectivity index (χ4n) is 1.99. The molecule has 0 unspecified atom stereocenters. The number of methoxy groups -OCH3 is 1. The number of anilines is 1. The van der Waals surface area contributed by atoms with E-state index in [-0.39, 0.29) is 5.91 Å². The molecule has 1 heterocycles. The van der Waals surface area contributed by atoms with Crippen molar-refractivity contribution in [3.8, 4) is 5.75 Å². The van der Waals surface area contributed by atoms with Crippen molar-refractivity contribution < 1.29 is 9.53 Å². The molecule has 1 N–H and O–H groups in total. The Kier molecular flexibility index (Phi) is 3.98. The van der Waals surface area contributed by atoms with Crippen molar-refractivity contribution in [2.45, 2.75) is 12.8 Å². The fraction of sp³-hybridized carbons (Fsp3) is 0.462. The van der Waals surface area contributed by atoms with Gasteiger partial charge >= 0.3 is 0 Å². The lowest BCUT2D eigenvalue weighted by atomic mass is 10.2. The Labute approximate surface area is 102 Å². The Balaban J connectivity index is 2.19. The van der Waals surface area contributed by atoms with Crippen LogP contribution < -0.4 is 15.0 Å². The van der Waals surface area contributed by atoms with Gasteiger partial charge in [0.05, 0.1) is 7.11 Å². The molecule has 1 aromatic rings. The predicted octanol–water partition coefficient (Wildman–Crippen LogP) is 1.41. The van der Waals surface area contributed by atoms with Crippen LogP contribution >= 0.6 is 0 Å². The minimum Gasteiger partial charge on any atom is -0.497 e. The van der Waals surface area contributed by atoms with Crippen molar-refractivity contribution in [2.24, 2.45) is 0 Å². The van der Waals surface area contributed by atoms with Gasteiger partial charge < -0.3 is 15.0 Å². The van der Waals surface area contributed by atoms with Crippen LogP contribution in [0.5, 0.6) is 5.75 Å². The zero-order chi connectivity index (χ0) is 12.1. The van der Waals surface area contributed by atoms with Gasteiger partial charge in [-0.2, -0.15) is 0 Å². The number of ether oxygens (including phenoxy) is 1. The highest BCUT2D eigenvalue weighted by Gasteiger charge is 2.17. The van der Waals surface area contributed by atoms with Gasteiger partial charge in [-0.15, -0.1) is 0 Å². The average molecular weight is 234 g/mol. The number of benzene rings is 1. The Morgan fingerprint density at radius 3 is 3.06 bits per heavy atom. The zero-order valence-electron chi connectivity index (χ0n) is 10.1. The second-order valence-corrected chi connectivity index (χ2v) is 4.10. The van der Waals surface area contributed by atoms with Gasteiger partial charge in [0.2, 0.25) is 5.91 Å². The number of hydrogen-bond acceptors (Lipinski definition) is 3. The van der Waals surface area contributed by atoms with Gasteiger partial charge in [0.1, 0.15) is 5.75 Å². The van der Waals surface area contributed by atoms with Crippen LogP contribution in [0.2, 0.25) is 0 Å². The first kappa shape index (κ1) is 11.9. The van der Waals surface area contributed by atoms with Crippen molar-refractivity contribution >= 4 is 11.6 Å². The van der Waals surface area contributed by atoms with Crippen LogP contribution in [-0.2, 0) is 4.79 Å². The topological polar surface area (TPSA) is 41.6 Å². The van der Waals surface area contributed by atoms with Gasteiger partial charge in [0.25, 0.3) is 0 Å². The standard InChI is InChI=1S/C13H18N2O2/c1-17-12-5-2-4-11(10-12)15-9-8-14-7-3-6-13(15)16/h2,4-5,10,14H,3,6-9H2,1H3. The molecule has 0 radical (unpaired) electrons. The first-order valence-corrected chi connectivity index (χ1v) is 5.96. The van der Waals surface area contributed by atoms with Crippen LogP contribution in [0.25, 0.3) is 0 Å². The van der Waals surface area contributed by atoms with Crippen molar-refractivity contribution in [1.82, 2.24) is 5.32 Å². The predicted molar refractivity (Wildman–Crippen MR) is 67.5 cm³/mol. The van der Waals surface area contributed by atoms with Gasteiger partial charge in [-0.25, -0.2) is 0 Å². The normalized spacial score (nSPS) is 17.5. The molecular weight excluding hydrogens is 216 g/mol.